The van der Waals surface area contributed by atoms with Crippen molar-refractivity contribution < 1.29 is 0 Å². The summed E-state index contributed by atoms with van der Waals surface area (Å²) in [5.41, 5.74) is 2.09. The monoisotopic (exact) mass is 272 g/mol. The van der Waals surface area contributed by atoms with Gasteiger partial charge in [0.05, 0.1) is 10.5 Å². The molecule has 1 aromatic heterocycles. The molecule has 0 radical (unpaired) electrons. The number of rotatable bonds is 2. The quantitative estimate of drug-likeness (QED) is 0.871. The summed E-state index contributed by atoms with van der Waals surface area (Å²) in [6.45, 7) is 0. The van der Waals surface area contributed by atoms with Crippen molar-refractivity contribution in [2.45, 2.75) is 31.7 Å². The Morgan fingerprint density at radius 1 is 1.16 bits per heavy atom. The number of aromatic nitrogens is 1. The van der Waals surface area contributed by atoms with Crippen LogP contribution in [0.2, 0.25) is 5.02 Å². The fraction of sp³-hybridized carbons (Fsp3) is 0.438. The standard InChI is InChI=1S/C16H17ClN2/c17-13-5-6-14(12-2-1-7-18-16(12)13)19-15-9-10-3-4-11(15)8-10/h1-2,5-7,10-11,15,19H,3-4,8-9H2. The lowest BCUT2D eigenvalue weighted by Crippen LogP contribution is -2.25. The van der Waals surface area contributed by atoms with E-state index in [0.717, 1.165) is 27.8 Å². The van der Waals surface area contributed by atoms with E-state index in [9.17, 15) is 0 Å². The van der Waals surface area contributed by atoms with Crippen molar-refractivity contribution in [1.82, 2.24) is 4.98 Å². The van der Waals surface area contributed by atoms with Gasteiger partial charge in [-0.25, -0.2) is 0 Å². The summed E-state index contributed by atoms with van der Waals surface area (Å²) in [7, 11) is 0. The van der Waals surface area contributed by atoms with Crippen molar-refractivity contribution in [3.8, 4) is 0 Å². The molecule has 2 aliphatic carbocycles. The maximum Gasteiger partial charge on any atom is 0.0908 e. The molecule has 3 atom stereocenters. The third kappa shape index (κ3) is 1.90. The number of benzene rings is 1. The van der Waals surface area contributed by atoms with Gasteiger partial charge in [0.1, 0.15) is 0 Å². The highest BCUT2D eigenvalue weighted by Crippen LogP contribution is 2.46. The fourth-order valence-electron chi connectivity index (χ4n) is 3.89. The zero-order chi connectivity index (χ0) is 12.8. The Hall–Kier alpha value is -1.28. The molecular weight excluding hydrogens is 256 g/mol. The van der Waals surface area contributed by atoms with E-state index in [1.807, 2.05) is 12.1 Å². The Morgan fingerprint density at radius 3 is 2.89 bits per heavy atom. The molecule has 2 saturated carbocycles. The average Bonchev–Trinajstić information content (AvgIpc) is 3.05. The summed E-state index contributed by atoms with van der Waals surface area (Å²) in [5, 5.41) is 5.61. The van der Waals surface area contributed by atoms with Crippen molar-refractivity contribution in [1.29, 1.82) is 0 Å². The minimum Gasteiger partial charge on any atom is -0.381 e. The summed E-state index contributed by atoms with van der Waals surface area (Å²) < 4.78 is 0. The second-order valence-corrected chi connectivity index (χ2v) is 6.33. The van der Waals surface area contributed by atoms with E-state index in [1.54, 1.807) is 6.20 Å². The topological polar surface area (TPSA) is 24.9 Å². The van der Waals surface area contributed by atoms with Crippen LogP contribution >= 0.6 is 11.6 Å². The molecule has 1 heterocycles. The van der Waals surface area contributed by atoms with Crippen molar-refractivity contribution >= 4 is 28.2 Å². The first-order valence-corrected chi connectivity index (χ1v) is 7.49. The van der Waals surface area contributed by atoms with E-state index < -0.39 is 0 Å². The zero-order valence-corrected chi connectivity index (χ0v) is 11.5. The second kappa shape index (κ2) is 4.38. The van der Waals surface area contributed by atoms with Crippen LogP contribution in [0.5, 0.6) is 0 Å². The van der Waals surface area contributed by atoms with Gasteiger partial charge in [-0.3, -0.25) is 4.98 Å². The minimum atomic E-state index is 0.642. The second-order valence-electron chi connectivity index (χ2n) is 5.92. The first-order chi connectivity index (χ1) is 9.31. The summed E-state index contributed by atoms with van der Waals surface area (Å²) in [5.74, 6) is 1.83. The molecule has 1 aromatic carbocycles. The molecule has 2 aliphatic rings. The van der Waals surface area contributed by atoms with E-state index in [0.29, 0.717) is 6.04 Å². The highest BCUT2D eigenvalue weighted by atomic mass is 35.5. The van der Waals surface area contributed by atoms with Crippen LogP contribution in [0.3, 0.4) is 0 Å². The predicted molar refractivity (Wildman–Crippen MR) is 79.6 cm³/mol. The Balaban J connectivity index is 1.70. The average molecular weight is 273 g/mol. The number of pyridine rings is 1. The number of anilines is 1. The smallest absolute Gasteiger partial charge is 0.0908 e. The van der Waals surface area contributed by atoms with Crippen molar-refractivity contribution in [3.05, 3.63) is 35.5 Å². The number of fused-ring (bicyclic) bond motifs is 3. The molecule has 0 spiro atoms. The molecule has 2 aromatic rings. The first-order valence-electron chi connectivity index (χ1n) is 7.11. The van der Waals surface area contributed by atoms with Crippen LogP contribution in [-0.4, -0.2) is 11.0 Å². The number of hydrogen-bond acceptors (Lipinski definition) is 2. The molecule has 98 valence electrons. The van der Waals surface area contributed by atoms with Gasteiger partial charge < -0.3 is 5.32 Å². The summed E-state index contributed by atoms with van der Waals surface area (Å²) in [6.07, 6.45) is 7.38. The maximum absolute atomic E-state index is 6.22. The maximum atomic E-state index is 6.22. The van der Waals surface area contributed by atoms with E-state index in [1.165, 1.54) is 31.4 Å². The van der Waals surface area contributed by atoms with Gasteiger partial charge in [0, 0.05) is 23.3 Å². The van der Waals surface area contributed by atoms with E-state index in [4.69, 9.17) is 11.6 Å². The fourth-order valence-corrected chi connectivity index (χ4v) is 4.10. The third-order valence-corrected chi connectivity index (χ3v) is 5.10. The summed E-state index contributed by atoms with van der Waals surface area (Å²) >= 11 is 6.22. The zero-order valence-electron chi connectivity index (χ0n) is 10.8. The van der Waals surface area contributed by atoms with Crippen LogP contribution in [0.25, 0.3) is 10.9 Å². The molecule has 0 aliphatic heterocycles. The summed E-state index contributed by atoms with van der Waals surface area (Å²) in [6, 6.07) is 8.77. The van der Waals surface area contributed by atoms with Crippen molar-refractivity contribution in [2.24, 2.45) is 11.8 Å². The molecule has 19 heavy (non-hydrogen) atoms. The highest BCUT2D eigenvalue weighted by molar-refractivity contribution is 6.35. The van der Waals surface area contributed by atoms with E-state index >= 15 is 0 Å². The molecule has 4 rings (SSSR count). The molecular formula is C16H17ClN2. The summed E-state index contributed by atoms with van der Waals surface area (Å²) in [4.78, 5) is 4.39. The van der Waals surface area contributed by atoms with E-state index in [-0.39, 0.29) is 0 Å². The minimum absolute atomic E-state index is 0.642. The number of nitrogens with zero attached hydrogens (tertiary/aromatic N) is 1. The van der Waals surface area contributed by atoms with Gasteiger partial charge in [-0.1, -0.05) is 18.0 Å². The SMILES string of the molecule is Clc1ccc(NC2CC3CCC2C3)c2cccnc12. The molecule has 0 saturated heterocycles. The predicted octanol–water partition coefficient (Wildman–Crippen LogP) is 4.49. The Bertz CT molecular complexity index is 625. The van der Waals surface area contributed by atoms with Crippen LogP contribution in [0.4, 0.5) is 5.69 Å². The van der Waals surface area contributed by atoms with Gasteiger partial charge in [-0.15, -0.1) is 0 Å². The van der Waals surface area contributed by atoms with Crippen LogP contribution in [0.15, 0.2) is 30.5 Å². The van der Waals surface area contributed by atoms with Gasteiger partial charge >= 0.3 is 0 Å². The van der Waals surface area contributed by atoms with E-state index in [2.05, 4.69) is 22.4 Å². The molecule has 2 nitrogen and oxygen atoms in total. The van der Waals surface area contributed by atoms with Crippen LogP contribution in [0.1, 0.15) is 25.7 Å². The number of halogens is 1. The van der Waals surface area contributed by atoms with Gasteiger partial charge in [0.25, 0.3) is 0 Å². The van der Waals surface area contributed by atoms with Crippen LogP contribution in [0, 0.1) is 11.8 Å². The highest BCUT2D eigenvalue weighted by Gasteiger charge is 2.39. The Labute approximate surface area is 118 Å². The van der Waals surface area contributed by atoms with Crippen LogP contribution in [-0.2, 0) is 0 Å². The van der Waals surface area contributed by atoms with Gasteiger partial charge in [-0.2, -0.15) is 0 Å². The lowest BCUT2D eigenvalue weighted by molar-refractivity contribution is 0.440. The van der Waals surface area contributed by atoms with Crippen molar-refractivity contribution in [3.63, 3.8) is 0 Å². The molecule has 2 bridgehead atoms. The molecule has 1 N–H and O–H groups in total. The van der Waals surface area contributed by atoms with Crippen molar-refractivity contribution in [2.75, 3.05) is 5.32 Å². The largest absolute Gasteiger partial charge is 0.381 e. The lowest BCUT2D eigenvalue weighted by atomic mass is 9.95. The third-order valence-electron chi connectivity index (χ3n) is 4.80. The van der Waals surface area contributed by atoms with Gasteiger partial charge in [0.15, 0.2) is 0 Å². The number of nitrogens with one attached hydrogen (secondary N) is 1. The molecule has 3 unspecified atom stereocenters. The Morgan fingerprint density at radius 2 is 2.11 bits per heavy atom. The van der Waals surface area contributed by atoms with Gasteiger partial charge in [-0.05, 0) is 55.4 Å². The number of hydrogen-bond donors (Lipinski definition) is 1. The van der Waals surface area contributed by atoms with Crippen LogP contribution < -0.4 is 5.32 Å². The molecule has 0 amide bonds. The first kappa shape index (κ1) is 11.5. The lowest BCUT2D eigenvalue weighted by Gasteiger charge is -2.24. The molecule has 2 fully saturated rings. The van der Waals surface area contributed by atoms with Gasteiger partial charge in [0.2, 0.25) is 0 Å². The normalized spacial score (nSPS) is 29.0. The Kier molecular flexibility index (Phi) is 2.66. The molecule has 3 heteroatoms.